The van der Waals surface area contributed by atoms with Gasteiger partial charge in [-0.05, 0) is 19.3 Å². The number of hydrogen-bond acceptors (Lipinski definition) is 4. The standard InChI is InChI=1S/C10H12N2O3S/c1-12(6-3-2-4-6)9(13)8-11-7(5-16-8)10(14)15/h5-6H,2-4H2,1H3,(H,14,15). The molecule has 1 saturated carbocycles. The fraction of sp³-hybridized carbons (Fsp3) is 0.500. The summed E-state index contributed by atoms with van der Waals surface area (Å²) in [5.41, 5.74) is -0.0599. The molecule has 1 fully saturated rings. The fourth-order valence-corrected chi connectivity index (χ4v) is 2.33. The van der Waals surface area contributed by atoms with Crippen molar-refractivity contribution in [1.82, 2.24) is 9.88 Å². The number of rotatable bonds is 3. The van der Waals surface area contributed by atoms with E-state index in [1.54, 1.807) is 11.9 Å². The van der Waals surface area contributed by atoms with Gasteiger partial charge in [0.15, 0.2) is 10.7 Å². The predicted octanol–water partition coefficient (Wildman–Crippen LogP) is 1.47. The van der Waals surface area contributed by atoms with Crippen molar-refractivity contribution in [2.75, 3.05) is 7.05 Å². The van der Waals surface area contributed by atoms with Crippen molar-refractivity contribution in [3.8, 4) is 0 Å². The second-order valence-electron chi connectivity index (χ2n) is 3.84. The number of aromatic carboxylic acids is 1. The lowest BCUT2D eigenvalue weighted by atomic mass is 9.92. The molecule has 6 heteroatoms. The lowest BCUT2D eigenvalue weighted by Gasteiger charge is -2.34. The van der Waals surface area contributed by atoms with Crippen LogP contribution in [0.4, 0.5) is 0 Å². The Morgan fingerprint density at radius 2 is 2.25 bits per heavy atom. The van der Waals surface area contributed by atoms with Crippen molar-refractivity contribution in [2.24, 2.45) is 0 Å². The number of hydrogen-bond donors (Lipinski definition) is 1. The van der Waals surface area contributed by atoms with Crippen molar-refractivity contribution in [3.05, 3.63) is 16.1 Å². The zero-order valence-electron chi connectivity index (χ0n) is 8.84. The van der Waals surface area contributed by atoms with E-state index >= 15 is 0 Å². The van der Waals surface area contributed by atoms with Gasteiger partial charge in [-0.2, -0.15) is 0 Å². The molecule has 86 valence electrons. The van der Waals surface area contributed by atoms with Gasteiger partial charge in [-0.25, -0.2) is 9.78 Å². The maximum absolute atomic E-state index is 11.9. The van der Waals surface area contributed by atoms with E-state index in [2.05, 4.69) is 4.98 Å². The minimum atomic E-state index is -1.10. The zero-order chi connectivity index (χ0) is 11.7. The highest BCUT2D eigenvalue weighted by molar-refractivity contribution is 7.11. The van der Waals surface area contributed by atoms with Gasteiger partial charge >= 0.3 is 5.97 Å². The normalized spacial score (nSPS) is 15.6. The second kappa shape index (κ2) is 4.21. The van der Waals surface area contributed by atoms with Gasteiger partial charge in [-0.15, -0.1) is 11.3 Å². The largest absolute Gasteiger partial charge is 0.476 e. The summed E-state index contributed by atoms with van der Waals surface area (Å²) in [6.45, 7) is 0. The van der Waals surface area contributed by atoms with Crippen LogP contribution in [0.1, 0.15) is 39.6 Å². The molecule has 16 heavy (non-hydrogen) atoms. The Morgan fingerprint density at radius 3 is 2.69 bits per heavy atom. The molecule has 0 aromatic carbocycles. The van der Waals surface area contributed by atoms with Crippen molar-refractivity contribution < 1.29 is 14.7 Å². The van der Waals surface area contributed by atoms with Gasteiger partial charge in [0.05, 0.1) is 0 Å². The molecule has 2 rings (SSSR count). The van der Waals surface area contributed by atoms with E-state index < -0.39 is 5.97 Å². The highest BCUT2D eigenvalue weighted by Gasteiger charge is 2.28. The van der Waals surface area contributed by atoms with Gasteiger partial charge in [0.1, 0.15) is 0 Å². The number of carbonyl (C=O) groups excluding carboxylic acids is 1. The lowest BCUT2D eigenvalue weighted by Crippen LogP contribution is -2.41. The molecule has 0 atom stereocenters. The summed E-state index contributed by atoms with van der Waals surface area (Å²) in [5, 5.41) is 10.4. The predicted molar refractivity (Wildman–Crippen MR) is 58.8 cm³/mol. The number of nitrogens with zero attached hydrogens (tertiary/aromatic N) is 2. The van der Waals surface area contributed by atoms with E-state index in [4.69, 9.17) is 5.11 Å². The van der Waals surface area contributed by atoms with Gasteiger partial charge in [-0.3, -0.25) is 4.79 Å². The van der Waals surface area contributed by atoms with E-state index in [9.17, 15) is 9.59 Å². The van der Waals surface area contributed by atoms with Gasteiger partial charge in [0.2, 0.25) is 0 Å². The molecule has 0 bridgehead atoms. The van der Waals surface area contributed by atoms with Crippen LogP contribution in [0.5, 0.6) is 0 Å². The van der Waals surface area contributed by atoms with E-state index in [1.807, 2.05) is 0 Å². The smallest absolute Gasteiger partial charge is 0.355 e. The molecule has 1 heterocycles. The number of carboxylic acids is 1. The highest BCUT2D eigenvalue weighted by atomic mass is 32.1. The summed E-state index contributed by atoms with van der Waals surface area (Å²) in [4.78, 5) is 28.0. The van der Waals surface area contributed by atoms with Crippen LogP contribution in [-0.2, 0) is 0 Å². The van der Waals surface area contributed by atoms with Crippen LogP contribution in [0.15, 0.2) is 5.38 Å². The molecule has 1 aliphatic rings. The first-order chi connectivity index (χ1) is 7.59. The summed E-state index contributed by atoms with van der Waals surface area (Å²) < 4.78 is 0. The molecule has 1 aliphatic carbocycles. The number of aromatic nitrogens is 1. The van der Waals surface area contributed by atoms with Crippen molar-refractivity contribution >= 4 is 23.2 Å². The molecule has 0 spiro atoms. The number of carbonyl (C=O) groups is 2. The van der Waals surface area contributed by atoms with E-state index in [0.717, 1.165) is 30.6 Å². The maximum atomic E-state index is 11.9. The Labute approximate surface area is 96.7 Å². The third kappa shape index (κ3) is 1.92. The minimum Gasteiger partial charge on any atom is -0.476 e. The van der Waals surface area contributed by atoms with Crippen molar-refractivity contribution in [2.45, 2.75) is 25.3 Å². The maximum Gasteiger partial charge on any atom is 0.355 e. The van der Waals surface area contributed by atoms with Crippen LogP contribution < -0.4 is 0 Å². The zero-order valence-corrected chi connectivity index (χ0v) is 9.66. The Morgan fingerprint density at radius 1 is 1.56 bits per heavy atom. The van der Waals surface area contributed by atoms with Crippen molar-refractivity contribution in [3.63, 3.8) is 0 Å². The number of amides is 1. The summed E-state index contributed by atoms with van der Waals surface area (Å²) in [5.74, 6) is -1.27. The molecule has 0 saturated heterocycles. The van der Waals surface area contributed by atoms with E-state index in [0.29, 0.717) is 6.04 Å². The first-order valence-corrected chi connectivity index (χ1v) is 5.93. The van der Waals surface area contributed by atoms with Crippen LogP contribution in [0.25, 0.3) is 0 Å². The van der Waals surface area contributed by atoms with E-state index in [1.165, 1.54) is 5.38 Å². The third-order valence-electron chi connectivity index (χ3n) is 2.85. The van der Waals surface area contributed by atoms with Crippen LogP contribution in [0, 0.1) is 0 Å². The van der Waals surface area contributed by atoms with Crippen LogP contribution >= 0.6 is 11.3 Å². The van der Waals surface area contributed by atoms with Crippen LogP contribution in [0.3, 0.4) is 0 Å². The van der Waals surface area contributed by atoms with Gasteiger partial charge < -0.3 is 10.0 Å². The van der Waals surface area contributed by atoms with Crippen molar-refractivity contribution in [1.29, 1.82) is 0 Å². The molecule has 5 nitrogen and oxygen atoms in total. The Balaban J connectivity index is 2.10. The molecule has 0 radical (unpaired) electrons. The highest BCUT2D eigenvalue weighted by Crippen LogP contribution is 2.25. The minimum absolute atomic E-state index is 0.0599. The molecule has 0 unspecified atom stereocenters. The molecule has 1 aromatic heterocycles. The Kier molecular flexibility index (Phi) is 2.91. The molecule has 1 amide bonds. The number of thiazole rings is 1. The third-order valence-corrected chi connectivity index (χ3v) is 3.68. The molecule has 0 aliphatic heterocycles. The van der Waals surface area contributed by atoms with Gasteiger partial charge in [0, 0.05) is 18.5 Å². The van der Waals surface area contributed by atoms with Gasteiger partial charge in [0.25, 0.3) is 5.91 Å². The summed E-state index contributed by atoms with van der Waals surface area (Å²) >= 11 is 1.08. The molecule has 1 N–H and O–H groups in total. The summed E-state index contributed by atoms with van der Waals surface area (Å²) in [7, 11) is 1.74. The fourth-order valence-electron chi connectivity index (χ4n) is 1.56. The molecular formula is C10H12N2O3S. The topological polar surface area (TPSA) is 70.5 Å². The van der Waals surface area contributed by atoms with Crippen LogP contribution in [-0.4, -0.2) is 40.0 Å². The monoisotopic (exact) mass is 240 g/mol. The quantitative estimate of drug-likeness (QED) is 0.868. The average Bonchev–Trinajstić information content (AvgIpc) is 2.62. The SMILES string of the molecule is CN(C(=O)c1nc(C(=O)O)cs1)C1CCC1. The average molecular weight is 240 g/mol. The first-order valence-electron chi connectivity index (χ1n) is 5.05. The molecular weight excluding hydrogens is 228 g/mol. The van der Waals surface area contributed by atoms with E-state index in [-0.39, 0.29) is 16.6 Å². The van der Waals surface area contributed by atoms with Gasteiger partial charge in [-0.1, -0.05) is 0 Å². The Bertz CT molecular complexity index is 425. The summed E-state index contributed by atoms with van der Waals surface area (Å²) in [6.07, 6.45) is 3.21. The first kappa shape index (κ1) is 11.1. The molecule has 1 aromatic rings. The Hall–Kier alpha value is -1.43. The second-order valence-corrected chi connectivity index (χ2v) is 4.70. The van der Waals surface area contributed by atoms with Crippen LogP contribution in [0.2, 0.25) is 0 Å². The summed E-state index contributed by atoms with van der Waals surface area (Å²) in [6, 6.07) is 0.296. The lowest BCUT2D eigenvalue weighted by molar-refractivity contribution is 0.0651. The number of carboxylic acid groups (broad SMARTS) is 1.